The van der Waals surface area contributed by atoms with Crippen LogP contribution in [-0.2, 0) is 9.59 Å². The van der Waals surface area contributed by atoms with E-state index in [1.807, 2.05) is 0 Å². The third kappa shape index (κ3) is 8.86. The molecule has 130 valence electrons. The Balaban J connectivity index is 4.66. The third-order valence-corrected chi connectivity index (χ3v) is 2.72. The van der Waals surface area contributed by atoms with Gasteiger partial charge in [-0.3, -0.25) is 14.9 Å². The van der Waals surface area contributed by atoms with E-state index in [2.05, 4.69) is 16.0 Å². The highest BCUT2D eigenvalue weighted by Gasteiger charge is 2.32. The largest absolute Gasteiger partial charge is 0.401 e. The number of carbonyl (C=O) groups is 2. The van der Waals surface area contributed by atoms with Gasteiger partial charge in [-0.15, -0.1) is 0 Å². The SMILES string of the molecule is CC(C)[C@@H](NCC(F)(F)F)C(=O)N[C@H](C)C(=O)NC(C)(C)C. The number of rotatable bonds is 6. The molecule has 0 aromatic carbocycles. The lowest BCUT2D eigenvalue weighted by Gasteiger charge is -2.26. The number of nitrogens with one attached hydrogen (secondary N) is 3. The van der Waals surface area contributed by atoms with E-state index in [1.165, 1.54) is 6.92 Å². The number of hydrogen-bond acceptors (Lipinski definition) is 3. The molecule has 0 rings (SSSR count). The van der Waals surface area contributed by atoms with Crippen molar-refractivity contribution in [3.63, 3.8) is 0 Å². The smallest absolute Gasteiger partial charge is 0.350 e. The van der Waals surface area contributed by atoms with Crippen LogP contribution < -0.4 is 16.0 Å². The van der Waals surface area contributed by atoms with Crippen molar-refractivity contribution in [3.05, 3.63) is 0 Å². The summed E-state index contributed by atoms with van der Waals surface area (Å²) in [6.07, 6.45) is -4.40. The molecule has 0 radical (unpaired) electrons. The normalized spacial score (nSPS) is 15.4. The molecule has 0 aliphatic carbocycles. The van der Waals surface area contributed by atoms with Crippen LogP contribution in [0.15, 0.2) is 0 Å². The Hall–Kier alpha value is -1.31. The molecule has 5 nitrogen and oxygen atoms in total. The molecule has 2 atom stereocenters. The molecule has 0 aliphatic rings. The second-order valence-electron chi connectivity index (χ2n) is 6.69. The van der Waals surface area contributed by atoms with E-state index in [0.717, 1.165) is 0 Å². The fourth-order valence-electron chi connectivity index (χ4n) is 1.70. The molecule has 3 N–H and O–H groups in total. The van der Waals surface area contributed by atoms with Crippen molar-refractivity contribution in [2.45, 2.75) is 65.3 Å². The van der Waals surface area contributed by atoms with Gasteiger partial charge in [0.05, 0.1) is 12.6 Å². The summed E-state index contributed by atoms with van der Waals surface area (Å²) in [7, 11) is 0. The molecular formula is C14H26F3N3O2. The minimum absolute atomic E-state index is 0.347. The van der Waals surface area contributed by atoms with Gasteiger partial charge in [0.25, 0.3) is 0 Å². The molecule has 0 saturated heterocycles. The van der Waals surface area contributed by atoms with Crippen LogP contribution in [0.3, 0.4) is 0 Å². The summed E-state index contributed by atoms with van der Waals surface area (Å²) in [6.45, 7) is 8.87. The van der Waals surface area contributed by atoms with Gasteiger partial charge >= 0.3 is 6.18 Å². The summed E-state index contributed by atoms with van der Waals surface area (Å²) in [5.41, 5.74) is -0.456. The van der Waals surface area contributed by atoms with Gasteiger partial charge in [0.15, 0.2) is 0 Å². The van der Waals surface area contributed by atoms with Crippen LogP contribution in [-0.4, -0.2) is 42.2 Å². The zero-order valence-corrected chi connectivity index (χ0v) is 13.9. The van der Waals surface area contributed by atoms with Crippen LogP contribution in [0.2, 0.25) is 0 Å². The highest BCUT2D eigenvalue weighted by atomic mass is 19.4. The summed E-state index contributed by atoms with van der Waals surface area (Å²) in [5, 5.41) is 7.32. The highest BCUT2D eigenvalue weighted by molar-refractivity contribution is 5.89. The molecule has 2 amide bonds. The fourth-order valence-corrected chi connectivity index (χ4v) is 1.70. The fraction of sp³-hybridized carbons (Fsp3) is 0.857. The summed E-state index contributed by atoms with van der Waals surface area (Å²) >= 11 is 0. The molecule has 0 heterocycles. The molecule has 0 aliphatic heterocycles. The molecule has 0 fully saturated rings. The maximum atomic E-state index is 12.3. The first-order valence-electron chi connectivity index (χ1n) is 7.15. The van der Waals surface area contributed by atoms with Crippen molar-refractivity contribution in [1.29, 1.82) is 0 Å². The summed E-state index contributed by atoms with van der Waals surface area (Å²) < 4.78 is 36.8. The van der Waals surface area contributed by atoms with Crippen molar-refractivity contribution in [1.82, 2.24) is 16.0 Å². The van der Waals surface area contributed by atoms with Gasteiger partial charge in [-0.2, -0.15) is 13.2 Å². The maximum absolute atomic E-state index is 12.3. The quantitative estimate of drug-likeness (QED) is 0.694. The summed E-state index contributed by atoms with van der Waals surface area (Å²) in [5.74, 6) is -1.37. The predicted molar refractivity (Wildman–Crippen MR) is 78.2 cm³/mol. The van der Waals surface area contributed by atoms with E-state index in [0.29, 0.717) is 0 Å². The average Bonchev–Trinajstić information content (AvgIpc) is 2.24. The maximum Gasteiger partial charge on any atom is 0.401 e. The Morgan fingerprint density at radius 1 is 1.00 bits per heavy atom. The lowest BCUT2D eigenvalue weighted by molar-refractivity contribution is -0.136. The highest BCUT2D eigenvalue weighted by Crippen LogP contribution is 2.14. The van der Waals surface area contributed by atoms with Crippen LogP contribution in [0.4, 0.5) is 13.2 Å². The molecule has 0 unspecified atom stereocenters. The second-order valence-corrected chi connectivity index (χ2v) is 6.69. The van der Waals surface area contributed by atoms with Crippen molar-refractivity contribution in [2.24, 2.45) is 5.92 Å². The lowest BCUT2D eigenvalue weighted by atomic mass is 10.0. The van der Waals surface area contributed by atoms with E-state index < -0.39 is 36.3 Å². The summed E-state index contributed by atoms with van der Waals surface area (Å²) in [4.78, 5) is 23.9. The molecule has 0 aromatic heterocycles. The Morgan fingerprint density at radius 2 is 1.50 bits per heavy atom. The van der Waals surface area contributed by atoms with Gasteiger partial charge in [-0.25, -0.2) is 0 Å². The number of halogens is 3. The molecule has 22 heavy (non-hydrogen) atoms. The van der Waals surface area contributed by atoms with Crippen molar-refractivity contribution in [3.8, 4) is 0 Å². The van der Waals surface area contributed by atoms with Crippen molar-refractivity contribution in [2.75, 3.05) is 6.54 Å². The number of carbonyl (C=O) groups excluding carboxylic acids is 2. The van der Waals surface area contributed by atoms with Crippen LogP contribution in [0, 0.1) is 5.92 Å². The van der Waals surface area contributed by atoms with Gasteiger partial charge in [0, 0.05) is 5.54 Å². The van der Waals surface area contributed by atoms with Crippen LogP contribution >= 0.6 is 0 Å². The Labute approximate surface area is 129 Å². The first kappa shape index (κ1) is 20.7. The average molecular weight is 325 g/mol. The van der Waals surface area contributed by atoms with Crippen LogP contribution in [0.25, 0.3) is 0 Å². The minimum atomic E-state index is -4.40. The van der Waals surface area contributed by atoms with Gasteiger partial charge in [-0.05, 0) is 33.6 Å². The van der Waals surface area contributed by atoms with Crippen molar-refractivity contribution >= 4 is 11.8 Å². The number of hydrogen-bond donors (Lipinski definition) is 3. The van der Waals surface area contributed by atoms with E-state index in [1.54, 1.807) is 34.6 Å². The second kappa shape index (κ2) is 7.80. The van der Waals surface area contributed by atoms with Gasteiger partial charge in [0.1, 0.15) is 6.04 Å². The standard InChI is InChI=1S/C14H26F3N3O2/c1-8(2)10(18-7-14(15,16)17)12(22)19-9(3)11(21)20-13(4,5)6/h8-10,18H,7H2,1-6H3,(H,19,22)(H,20,21)/t9-,10-/m1/s1. The molecule has 8 heteroatoms. The third-order valence-electron chi connectivity index (χ3n) is 2.72. The van der Waals surface area contributed by atoms with Gasteiger partial charge < -0.3 is 10.6 Å². The minimum Gasteiger partial charge on any atom is -0.350 e. The molecule has 0 bridgehead atoms. The first-order valence-corrected chi connectivity index (χ1v) is 7.15. The van der Waals surface area contributed by atoms with E-state index in [-0.39, 0.29) is 11.8 Å². The molecule has 0 spiro atoms. The van der Waals surface area contributed by atoms with E-state index >= 15 is 0 Å². The monoisotopic (exact) mass is 325 g/mol. The Morgan fingerprint density at radius 3 is 1.86 bits per heavy atom. The van der Waals surface area contributed by atoms with E-state index in [4.69, 9.17) is 0 Å². The van der Waals surface area contributed by atoms with Crippen molar-refractivity contribution < 1.29 is 22.8 Å². The topological polar surface area (TPSA) is 70.2 Å². The lowest BCUT2D eigenvalue weighted by Crippen LogP contribution is -2.56. The summed E-state index contributed by atoms with van der Waals surface area (Å²) in [6, 6.07) is -1.85. The van der Waals surface area contributed by atoms with Crippen LogP contribution in [0.5, 0.6) is 0 Å². The van der Waals surface area contributed by atoms with E-state index in [9.17, 15) is 22.8 Å². The Kier molecular flexibility index (Phi) is 7.34. The first-order chi connectivity index (χ1) is 9.73. The molecule has 0 saturated carbocycles. The number of alkyl halides is 3. The van der Waals surface area contributed by atoms with Gasteiger partial charge in [0.2, 0.25) is 11.8 Å². The van der Waals surface area contributed by atoms with Crippen LogP contribution in [0.1, 0.15) is 41.5 Å². The zero-order chi connectivity index (χ0) is 17.7. The predicted octanol–water partition coefficient (Wildman–Crippen LogP) is 1.58. The molecular weight excluding hydrogens is 299 g/mol. The van der Waals surface area contributed by atoms with Gasteiger partial charge in [-0.1, -0.05) is 13.8 Å². The number of amides is 2. The zero-order valence-electron chi connectivity index (χ0n) is 13.9. The Bertz CT molecular complexity index is 390. The molecule has 0 aromatic rings.